The van der Waals surface area contributed by atoms with E-state index in [0.29, 0.717) is 18.0 Å². The van der Waals surface area contributed by atoms with Crippen LogP contribution in [0.15, 0.2) is 48.5 Å². The first-order valence-corrected chi connectivity index (χ1v) is 8.77. The normalized spacial score (nSPS) is 10.5. The van der Waals surface area contributed by atoms with Crippen molar-refractivity contribution >= 4 is 23.2 Å². The number of amides is 2. The Kier molecular flexibility index (Phi) is 6.78. The lowest BCUT2D eigenvalue weighted by molar-refractivity contribution is -0.117. The van der Waals surface area contributed by atoms with Crippen LogP contribution in [0.5, 0.6) is 5.75 Å². The van der Waals surface area contributed by atoms with Gasteiger partial charge in [-0.05, 0) is 45.0 Å². The number of carbonyl (C=O) groups excluding carboxylic acids is 2. The van der Waals surface area contributed by atoms with E-state index in [1.165, 1.54) is 6.92 Å². The number of benzene rings is 2. The highest BCUT2D eigenvalue weighted by molar-refractivity contribution is 5.95. The smallest absolute Gasteiger partial charge is 0.226 e. The van der Waals surface area contributed by atoms with Crippen LogP contribution in [0, 0.1) is 6.92 Å². The van der Waals surface area contributed by atoms with Gasteiger partial charge in [-0.25, -0.2) is 0 Å². The van der Waals surface area contributed by atoms with Gasteiger partial charge in [0, 0.05) is 25.6 Å². The summed E-state index contributed by atoms with van der Waals surface area (Å²) in [6.07, 6.45) is 0.214. The molecular formula is C21H26N2O3. The Morgan fingerprint density at radius 3 is 2.35 bits per heavy atom. The van der Waals surface area contributed by atoms with Gasteiger partial charge < -0.3 is 15.0 Å². The number of rotatable bonds is 7. The van der Waals surface area contributed by atoms with Gasteiger partial charge in [0.1, 0.15) is 5.75 Å². The molecule has 2 amide bonds. The van der Waals surface area contributed by atoms with Gasteiger partial charge >= 0.3 is 0 Å². The summed E-state index contributed by atoms with van der Waals surface area (Å²) in [6.45, 7) is 7.68. The number of para-hydroxylation sites is 2. The fraction of sp³-hybridized carbons (Fsp3) is 0.333. The third-order valence-corrected chi connectivity index (χ3v) is 3.81. The van der Waals surface area contributed by atoms with Gasteiger partial charge in [0.2, 0.25) is 11.8 Å². The van der Waals surface area contributed by atoms with E-state index in [0.717, 1.165) is 11.3 Å². The number of carbonyl (C=O) groups is 2. The highest BCUT2D eigenvalue weighted by atomic mass is 16.5. The van der Waals surface area contributed by atoms with Crippen molar-refractivity contribution in [3.63, 3.8) is 0 Å². The third kappa shape index (κ3) is 5.62. The monoisotopic (exact) mass is 354 g/mol. The van der Waals surface area contributed by atoms with Crippen LogP contribution < -0.4 is 15.0 Å². The van der Waals surface area contributed by atoms with Gasteiger partial charge in [0.25, 0.3) is 0 Å². The van der Waals surface area contributed by atoms with E-state index in [4.69, 9.17) is 4.74 Å². The van der Waals surface area contributed by atoms with E-state index in [9.17, 15) is 9.59 Å². The quantitative estimate of drug-likeness (QED) is 0.812. The lowest BCUT2D eigenvalue weighted by Crippen LogP contribution is -2.32. The Hall–Kier alpha value is -2.82. The van der Waals surface area contributed by atoms with Gasteiger partial charge in [-0.15, -0.1) is 0 Å². The van der Waals surface area contributed by atoms with Crippen LogP contribution in [-0.2, 0) is 9.59 Å². The maximum atomic E-state index is 12.4. The number of aryl methyl sites for hydroxylation is 1. The summed E-state index contributed by atoms with van der Waals surface area (Å²) < 4.78 is 5.71. The molecule has 2 aromatic carbocycles. The lowest BCUT2D eigenvalue weighted by atomic mass is 10.2. The molecule has 0 unspecified atom stereocenters. The van der Waals surface area contributed by atoms with E-state index in [-0.39, 0.29) is 24.3 Å². The first kappa shape index (κ1) is 19.5. The van der Waals surface area contributed by atoms with Gasteiger partial charge in [-0.2, -0.15) is 0 Å². The second-order valence-electron chi connectivity index (χ2n) is 6.47. The predicted octanol–water partition coefficient (Wildman–Crippen LogP) is 4.16. The van der Waals surface area contributed by atoms with Crippen molar-refractivity contribution in [1.82, 2.24) is 0 Å². The Morgan fingerprint density at radius 1 is 1.08 bits per heavy atom. The number of hydrogen-bond donors (Lipinski definition) is 1. The first-order valence-electron chi connectivity index (χ1n) is 8.77. The maximum Gasteiger partial charge on any atom is 0.226 e. The molecule has 138 valence electrons. The van der Waals surface area contributed by atoms with E-state index >= 15 is 0 Å². The summed E-state index contributed by atoms with van der Waals surface area (Å²) >= 11 is 0. The molecule has 0 spiro atoms. The summed E-state index contributed by atoms with van der Waals surface area (Å²) in [4.78, 5) is 25.9. The molecule has 0 saturated heterocycles. The zero-order valence-electron chi connectivity index (χ0n) is 15.8. The summed E-state index contributed by atoms with van der Waals surface area (Å²) in [5.41, 5.74) is 2.55. The maximum absolute atomic E-state index is 12.4. The van der Waals surface area contributed by atoms with E-state index in [2.05, 4.69) is 5.32 Å². The minimum absolute atomic E-state index is 0.0165. The molecule has 0 aliphatic heterocycles. The average molecular weight is 354 g/mol. The molecule has 1 N–H and O–H groups in total. The second kappa shape index (κ2) is 9.04. The minimum Gasteiger partial charge on any atom is -0.489 e. The van der Waals surface area contributed by atoms with Gasteiger partial charge in [0.15, 0.2) is 0 Å². The molecule has 5 heteroatoms. The second-order valence-corrected chi connectivity index (χ2v) is 6.47. The van der Waals surface area contributed by atoms with Crippen LogP contribution in [0.3, 0.4) is 0 Å². The number of nitrogens with one attached hydrogen (secondary N) is 1. The fourth-order valence-electron chi connectivity index (χ4n) is 2.55. The standard InChI is InChI=1S/C21H26N2O3/c1-15(2)26-20-8-6-5-7-19(20)22-21(25)13-14-23(17(4)24)18-11-9-16(3)10-12-18/h5-12,15H,13-14H2,1-4H3,(H,22,25). The van der Waals surface area contributed by atoms with Gasteiger partial charge in [-0.3, -0.25) is 9.59 Å². The Bertz CT molecular complexity index is 754. The van der Waals surface area contributed by atoms with Crippen molar-refractivity contribution in [2.24, 2.45) is 0 Å². The molecule has 5 nitrogen and oxygen atoms in total. The molecule has 26 heavy (non-hydrogen) atoms. The Labute approximate surface area is 155 Å². The minimum atomic E-state index is -0.164. The zero-order valence-corrected chi connectivity index (χ0v) is 15.8. The van der Waals surface area contributed by atoms with Crippen LogP contribution >= 0.6 is 0 Å². The zero-order chi connectivity index (χ0) is 19.1. The van der Waals surface area contributed by atoms with Gasteiger partial charge in [-0.1, -0.05) is 29.8 Å². The number of anilines is 2. The molecule has 0 radical (unpaired) electrons. The molecule has 0 aliphatic rings. The molecule has 0 bridgehead atoms. The summed E-state index contributed by atoms with van der Waals surface area (Å²) in [6, 6.07) is 15.0. The molecule has 0 aliphatic carbocycles. The molecule has 0 saturated carbocycles. The number of ether oxygens (including phenoxy) is 1. The molecule has 2 aromatic rings. The number of nitrogens with zero attached hydrogens (tertiary/aromatic N) is 1. The van der Waals surface area contributed by atoms with Crippen molar-refractivity contribution < 1.29 is 14.3 Å². The average Bonchev–Trinajstić information content (AvgIpc) is 2.57. The molecule has 2 rings (SSSR count). The van der Waals surface area contributed by atoms with E-state index in [1.54, 1.807) is 11.0 Å². The SMILES string of the molecule is CC(=O)N(CCC(=O)Nc1ccccc1OC(C)C)c1ccc(C)cc1. The van der Waals surface area contributed by atoms with Crippen LogP contribution in [0.2, 0.25) is 0 Å². The molecule has 0 fully saturated rings. The summed E-state index contributed by atoms with van der Waals surface area (Å²) in [5, 5.41) is 2.87. The third-order valence-electron chi connectivity index (χ3n) is 3.81. The van der Waals surface area contributed by atoms with Gasteiger partial charge in [0.05, 0.1) is 11.8 Å². The van der Waals surface area contributed by atoms with Crippen LogP contribution in [0.4, 0.5) is 11.4 Å². The van der Waals surface area contributed by atoms with Crippen molar-refractivity contribution in [2.75, 3.05) is 16.8 Å². The van der Waals surface area contributed by atoms with Crippen LogP contribution in [0.25, 0.3) is 0 Å². The van der Waals surface area contributed by atoms with Crippen molar-refractivity contribution in [2.45, 2.75) is 40.2 Å². The lowest BCUT2D eigenvalue weighted by Gasteiger charge is -2.21. The molecule has 0 heterocycles. The highest BCUT2D eigenvalue weighted by Gasteiger charge is 2.14. The van der Waals surface area contributed by atoms with Crippen LogP contribution in [-0.4, -0.2) is 24.5 Å². The fourth-order valence-corrected chi connectivity index (χ4v) is 2.55. The molecule has 0 atom stereocenters. The van der Waals surface area contributed by atoms with Crippen molar-refractivity contribution in [3.05, 3.63) is 54.1 Å². The van der Waals surface area contributed by atoms with Crippen molar-refractivity contribution in [1.29, 1.82) is 0 Å². The summed E-state index contributed by atoms with van der Waals surface area (Å²) in [7, 11) is 0. The highest BCUT2D eigenvalue weighted by Crippen LogP contribution is 2.25. The van der Waals surface area contributed by atoms with Crippen LogP contribution in [0.1, 0.15) is 32.8 Å². The Balaban J connectivity index is 2.01. The van der Waals surface area contributed by atoms with Crippen molar-refractivity contribution in [3.8, 4) is 5.75 Å². The topological polar surface area (TPSA) is 58.6 Å². The molecular weight excluding hydrogens is 328 g/mol. The Morgan fingerprint density at radius 2 is 1.73 bits per heavy atom. The van der Waals surface area contributed by atoms with E-state index < -0.39 is 0 Å². The first-order chi connectivity index (χ1) is 12.4. The van der Waals surface area contributed by atoms with E-state index in [1.807, 2.05) is 63.2 Å². The number of hydrogen-bond acceptors (Lipinski definition) is 3. The summed E-state index contributed by atoms with van der Waals surface area (Å²) in [5.74, 6) is 0.381. The molecule has 0 aromatic heterocycles. The largest absolute Gasteiger partial charge is 0.489 e. The predicted molar refractivity (Wildman–Crippen MR) is 105 cm³/mol.